The highest BCUT2D eigenvalue weighted by Gasteiger charge is 2.11. The molecule has 0 fully saturated rings. The van der Waals surface area contributed by atoms with E-state index in [-0.39, 0.29) is 5.91 Å². The van der Waals surface area contributed by atoms with E-state index in [4.69, 9.17) is 4.74 Å². The first-order valence-corrected chi connectivity index (χ1v) is 8.01. The van der Waals surface area contributed by atoms with E-state index < -0.39 is 0 Å². The second-order valence-corrected chi connectivity index (χ2v) is 5.67. The lowest BCUT2D eigenvalue weighted by molar-refractivity contribution is 0.102. The average molecular weight is 348 g/mol. The number of rotatable bonds is 5. The number of imidazole rings is 1. The molecule has 0 spiro atoms. The van der Waals surface area contributed by atoms with Gasteiger partial charge >= 0.3 is 0 Å². The van der Waals surface area contributed by atoms with Crippen LogP contribution >= 0.6 is 0 Å². The summed E-state index contributed by atoms with van der Waals surface area (Å²) in [7, 11) is 1.91. The van der Waals surface area contributed by atoms with Crippen molar-refractivity contribution in [1.82, 2.24) is 24.1 Å². The molecule has 26 heavy (non-hydrogen) atoms. The van der Waals surface area contributed by atoms with Crippen LogP contribution in [0, 0.1) is 0 Å². The SMILES string of the molecule is Cn1ccnc1COc1ccc(C(=O)Nc2nnc3ccccn23)cc1. The number of benzene rings is 1. The van der Waals surface area contributed by atoms with Crippen LogP contribution in [0.15, 0.2) is 61.1 Å². The summed E-state index contributed by atoms with van der Waals surface area (Å²) < 4.78 is 9.29. The Morgan fingerprint density at radius 3 is 2.73 bits per heavy atom. The minimum Gasteiger partial charge on any atom is -0.486 e. The molecule has 0 aliphatic carbocycles. The molecule has 0 unspecified atom stereocenters. The molecule has 8 heteroatoms. The van der Waals surface area contributed by atoms with Gasteiger partial charge in [-0.15, -0.1) is 10.2 Å². The molecule has 4 aromatic rings. The molecule has 0 aliphatic heterocycles. The minimum absolute atomic E-state index is 0.265. The number of anilines is 1. The van der Waals surface area contributed by atoms with E-state index in [1.54, 1.807) is 41.1 Å². The molecular weight excluding hydrogens is 332 g/mol. The first-order chi connectivity index (χ1) is 12.7. The minimum atomic E-state index is -0.265. The maximum atomic E-state index is 12.4. The van der Waals surface area contributed by atoms with Gasteiger partial charge in [0.15, 0.2) is 5.65 Å². The fourth-order valence-electron chi connectivity index (χ4n) is 2.49. The van der Waals surface area contributed by atoms with Crippen LogP contribution in [-0.2, 0) is 13.7 Å². The standard InChI is InChI=1S/C18H16N6O2/c1-23-11-9-19-16(23)12-26-14-7-5-13(6-8-14)17(25)20-18-22-21-15-4-2-3-10-24(15)18/h2-11H,12H2,1H3,(H,20,22,25). The summed E-state index contributed by atoms with van der Waals surface area (Å²) in [6, 6.07) is 12.4. The van der Waals surface area contributed by atoms with Crippen LogP contribution in [-0.4, -0.2) is 30.1 Å². The quantitative estimate of drug-likeness (QED) is 0.598. The Balaban J connectivity index is 1.43. The Labute approximate surface area is 149 Å². The van der Waals surface area contributed by atoms with Crippen LogP contribution < -0.4 is 10.1 Å². The number of hydrogen-bond acceptors (Lipinski definition) is 5. The number of carbonyl (C=O) groups is 1. The number of nitrogens with zero attached hydrogens (tertiary/aromatic N) is 5. The van der Waals surface area contributed by atoms with Gasteiger partial charge in [-0.2, -0.15) is 0 Å². The van der Waals surface area contributed by atoms with Gasteiger partial charge in [0.05, 0.1) is 0 Å². The summed E-state index contributed by atoms with van der Waals surface area (Å²) in [5, 5.41) is 10.8. The van der Waals surface area contributed by atoms with E-state index >= 15 is 0 Å². The Bertz CT molecular complexity index is 1050. The second kappa shape index (κ2) is 6.67. The molecule has 0 saturated carbocycles. The molecule has 1 aromatic carbocycles. The molecule has 130 valence electrons. The normalized spacial score (nSPS) is 10.8. The molecule has 0 atom stereocenters. The Morgan fingerprint density at radius 1 is 1.12 bits per heavy atom. The molecule has 3 aromatic heterocycles. The number of pyridine rings is 1. The third-order valence-electron chi connectivity index (χ3n) is 3.94. The van der Waals surface area contributed by atoms with E-state index in [2.05, 4.69) is 20.5 Å². The van der Waals surface area contributed by atoms with Gasteiger partial charge in [-0.25, -0.2) is 4.98 Å². The van der Waals surface area contributed by atoms with E-state index in [9.17, 15) is 4.79 Å². The van der Waals surface area contributed by atoms with E-state index in [1.165, 1.54) is 0 Å². The van der Waals surface area contributed by atoms with Crippen molar-refractivity contribution in [3.05, 3.63) is 72.4 Å². The third kappa shape index (κ3) is 3.12. The monoisotopic (exact) mass is 348 g/mol. The van der Waals surface area contributed by atoms with Crippen LogP contribution in [0.5, 0.6) is 5.75 Å². The number of ether oxygens (including phenoxy) is 1. The zero-order valence-electron chi connectivity index (χ0n) is 14.0. The molecule has 8 nitrogen and oxygen atoms in total. The highest BCUT2D eigenvalue weighted by Crippen LogP contribution is 2.15. The van der Waals surface area contributed by atoms with Gasteiger partial charge in [0, 0.05) is 31.2 Å². The number of nitrogens with one attached hydrogen (secondary N) is 1. The smallest absolute Gasteiger partial charge is 0.258 e. The van der Waals surface area contributed by atoms with Gasteiger partial charge in [0.2, 0.25) is 5.95 Å². The van der Waals surface area contributed by atoms with Gasteiger partial charge in [0.25, 0.3) is 5.91 Å². The van der Waals surface area contributed by atoms with Crippen molar-refractivity contribution >= 4 is 17.5 Å². The van der Waals surface area contributed by atoms with Crippen LogP contribution in [0.2, 0.25) is 0 Å². The summed E-state index contributed by atoms with van der Waals surface area (Å²) in [4.78, 5) is 16.6. The fraction of sp³-hybridized carbons (Fsp3) is 0.111. The lowest BCUT2D eigenvalue weighted by Gasteiger charge is -2.07. The van der Waals surface area contributed by atoms with Crippen molar-refractivity contribution in [3.8, 4) is 5.75 Å². The zero-order valence-corrected chi connectivity index (χ0v) is 14.0. The topological polar surface area (TPSA) is 86.3 Å². The van der Waals surface area contributed by atoms with Crippen LogP contribution in [0.1, 0.15) is 16.2 Å². The summed E-state index contributed by atoms with van der Waals surface area (Å²) in [6.07, 6.45) is 5.38. The fourth-order valence-corrected chi connectivity index (χ4v) is 2.49. The largest absolute Gasteiger partial charge is 0.486 e. The molecule has 1 N–H and O–H groups in total. The Hall–Kier alpha value is -3.68. The zero-order chi connectivity index (χ0) is 17.9. The average Bonchev–Trinajstić information content (AvgIpc) is 3.27. The number of fused-ring (bicyclic) bond motifs is 1. The molecule has 0 saturated heterocycles. The first-order valence-electron chi connectivity index (χ1n) is 8.01. The van der Waals surface area contributed by atoms with Crippen molar-refractivity contribution in [2.45, 2.75) is 6.61 Å². The molecule has 3 heterocycles. The summed E-state index contributed by atoms with van der Waals surface area (Å²) in [6.45, 7) is 0.362. The Kier molecular flexibility index (Phi) is 4.06. The lowest BCUT2D eigenvalue weighted by atomic mass is 10.2. The van der Waals surface area contributed by atoms with E-state index in [1.807, 2.05) is 36.0 Å². The number of amides is 1. The Morgan fingerprint density at radius 2 is 1.96 bits per heavy atom. The molecule has 0 radical (unpaired) electrons. The number of carbonyl (C=O) groups excluding carboxylic acids is 1. The molecule has 0 aliphatic rings. The van der Waals surface area contributed by atoms with E-state index in [0.717, 1.165) is 5.82 Å². The predicted octanol–water partition coefficient (Wildman–Crippen LogP) is 2.29. The summed E-state index contributed by atoms with van der Waals surface area (Å²) >= 11 is 0. The van der Waals surface area contributed by atoms with Crippen LogP contribution in [0.4, 0.5) is 5.95 Å². The van der Waals surface area contributed by atoms with Crippen molar-refractivity contribution in [1.29, 1.82) is 0 Å². The maximum absolute atomic E-state index is 12.4. The van der Waals surface area contributed by atoms with E-state index in [0.29, 0.717) is 29.5 Å². The number of hydrogen-bond donors (Lipinski definition) is 1. The van der Waals surface area contributed by atoms with Gasteiger partial charge in [-0.3, -0.25) is 14.5 Å². The second-order valence-electron chi connectivity index (χ2n) is 5.67. The summed E-state index contributed by atoms with van der Waals surface area (Å²) in [5.74, 6) is 1.60. The highest BCUT2D eigenvalue weighted by atomic mass is 16.5. The van der Waals surface area contributed by atoms with Gasteiger partial charge < -0.3 is 9.30 Å². The van der Waals surface area contributed by atoms with Gasteiger partial charge in [0.1, 0.15) is 18.2 Å². The molecule has 4 rings (SSSR count). The van der Waals surface area contributed by atoms with Crippen LogP contribution in [0.25, 0.3) is 5.65 Å². The van der Waals surface area contributed by atoms with Crippen LogP contribution in [0.3, 0.4) is 0 Å². The first kappa shape index (κ1) is 15.8. The summed E-state index contributed by atoms with van der Waals surface area (Å²) in [5.41, 5.74) is 1.17. The van der Waals surface area contributed by atoms with Crippen molar-refractivity contribution in [2.24, 2.45) is 7.05 Å². The van der Waals surface area contributed by atoms with Crippen molar-refractivity contribution in [3.63, 3.8) is 0 Å². The molecule has 0 bridgehead atoms. The molecule has 1 amide bonds. The lowest BCUT2D eigenvalue weighted by Crippen LogP contribution is -2.14. The third-order valence-corrected chi connectivity index (χ3v) is 3.94. The van der Waals surface area contributed by atoms with Gasteiger partial charge in [-0.1, -0.05) is 6.07 Å². The van der Waals surface area contributed by atoms with Crippen molar-refractivity contribution < 1.29 is 9.53 Å². The highest BCUT2D eigenvalue weighted by molar-refractivity contribution is 6.03. The number of aryl methyl sites for hydroxylation is 1. The molecular formula is C18H16N6O2. The predicted molar refractivity (Wildman–Crippen MR) is 94.9 cm³/mol. The van der Waals surface area contributed by atoms with Gasteiger partial charge in [-0.05, 0) is 36.4 Å². The maximum Gasteiger partial charge on any atom is 0.258 e. The number of aromatic nitrogens is 5. The van der Waals surface area contributed by atoms with Crippen molar-refractivity contribution in [2.75, 3.05) is 5.32 Å².